The van der Waals surface area contributed by atoms with Gasteiger partial charge in [-0.2, -0.15) is 0 Å². The fourth-order valence-electron chi connectivity index (χ4n) is 4.17. The summed E-state index contributed by atoms with van der Waals surface area (Å²) in [5.41, 5.74) is 0.501. The zero-order chi connectivity index (χ0) is 19.4. The van der Waals surface area contributed by atoms with Crippen molar-refractivity contribution >= 4 is 22.7 Å². The first-order valence-corrected chi connectivity index (χ1v) is 11.6. The highest BCUT2D eigenvalue weighted by atomic mass is 32.1. The second-order valence-electron chi connectivity index (χ2n) is 7.43. The Morgan fingerprint density at radius 2 is 1.61 bits per heavy atom. The molecule has 0 unspecified atom stereocenters. The number of nitrogens with zero attached hydrogens (tertiary/aromatic N) is 1. The van der Waals surface area contributed by atoms with Gasteiger partial charge in [0.05, 0.1) is 7.11 Å². The Morgan fingerprint density at radius 1 is 1.00 bits per heavy atom. The van der Waals surface area contributed by atoms with E-state index in [2.05, 4.69) is 39.9 Å². The monoisotopic (exact) mass is 413 g/mol. The summed E-state index contributed by atoms with van der Waals surface area (Å²) >= 11 is 3.33. The fourth-order valence-corrected chi connectivity index (χ4v) is 6.07. The van der Waals surface area contributed by atoms with Gasteiger partial charge in [0.25, 0.3) is 0 Å². The van der Waals surface area contributed by atoms with Gasteiger partial charge in [-0.05, 0) is 72.9 Å². The Bertz CT molecular complexity index is 801. The van der Waals surface area contributed by atoms with Gasteiger partial charge in [0.15, 0.2) is 0 Å². The number of ether oxygens (including phenoxy) is 1. The summed E-state index contributed by atoms with van der Waals surface area (Å²) in [7, 11) is 1.70. The SMILES string of the molecule is COc1ccc(CCN2CCC(C(O)(c3cccs3)c3cccs3)CC2)cc1. The largest absolute Gasteiger partial charge is 0.497 e. The molecule has 1 fully saturated rings. The normalized spacial score (nSPS) is 16.4. The van der Waals surface area contributed by atoms with Crippen molar-refractivity contribution in [3.8, 4) is 5.75 Å². The summed E-state index contributed by atoms with van der Waals surface area (Å²) in [4.78, 5) is 4.68. The summed E-state index contributed by atoms with van der Waals surface area (Å²) in [5, 5.41) is 15.9. The van der Waals surface area contributed by atoms with Gasteiger partial charge in [-0.25, -0.2) is 0 Å². The lowest BCUT2D eigenvalue weighted by atomic mass is 9.78. The summed E-state index contributed by atoms with van der Waals surface area (Å²) in [6, 6.07) is 16.6. The highest BCUT2D eigenvalue weighted by Crippen LogP contribution is 2.45. The Morgan fingerprint density at radius 3 is 2.11 bits per heavy atom. The number of likely N-dealkylation sites (tertiary alicyclic amines) is 1. The molecule has 1 aliphatic rings. The average Bonchev–Trinajstić information content (AvgIpc) is 3.47. The predicted molar refractivity (Wildman–Crippen MR) is 117 cm³/mol. The number of thiophene rings is 2. The van der Waals surface area contributed by atoms with Crippen molar-refractivity contribution in [1.29, 1.82) is 0 Å². The molecular weight excluding hydrogens is 386 g/mol. The smallest absolute Gasteiger partial charge is 0.136 e. The lowest BCUT2D eigenvalue weighted by molar-refractivity contribution is -0.00828. The Labute approximate surface area is 175 Å². The number of piperidine rings is 1. The van der Waals surface area contributed by atoms with Crippen LogP contribution in [0.3, 0.4) is 0 Å². The molecule has 4 rings (SSSR count). The molecule has 148 valence electrons. The van der Waals surface area contributed by atoms with Crippen LogP contribution in [0.15, 0.2) is 59.3 Å². The molecule has 1 saturated heterocycles. The number of rotatable bonds is 7. The quantitative estimate of drug-likeness (QED) is 0.591. The molecule has 0 saturated carbocycles. The van der Waals surface area contributed by atoms with E-state index in [9.17, 15) is 5.11 Å². The van der Waals surface area contributed by atoms with Gasteiger partial charge in [0.2, 0.25) is 0 Å². The van der Waals surface area contributed by atoms with Crippen LogP contribution >= 0.6 is 22.7 Å². The molecule has 0 bridgehead atoms. The highest BCUT2D eigenvalue weighted by Gasteiger charge is 2.43. The maximum absolute atomic E-state index is 11.8. The molecule has 3 nitrogen and oxygen atoms in total. The lowest BCUT2D eigenvalue weighted by Gasteiger charge is -2.40. The summed E-state index contributed by atoms with van der Waals surface area (Å²) in [6.07, 6.45) is 3.10. The van der Waals surface area contributed by atoms with Crippen molar-refractivity contribution in [1.82, 2.24) is 4.90 Å². The van der Waals surface area contributed by atoms with E-state index in [0.29, 0.717) is 0 Å². The second kappa shape index (κ2) is 8.78. The first-order chi connectivity index (χ1) is 13.7. The van der Waals surface area contributed by atoms with E-state index in [4.69, 9.17) is 4.74 Å². The Hall–Kier alpha value is -1.66. The minimum Gasteiger partial charge on any atom is -0.497 e. The summed E-state index contributed by atoms with van der Waals surface area (Å²) < 4.78 is 5.24. The van der Waals surface area contributed by atoms with Crippen molar-refractivity contribution < 1.29 is 9.84 Å². The number of hydrogen-bond donors (Lipinski definition) is 1. The van der Waals surface area contributed by atoms with Crippen LogP contribution in [0.4, 0.5) is 0 Å². The standard InChI is InChI=1S/C23H27NO2S2/c1-26-20-8-6-18(7-9-20)10-13-24-14-11-19(12-15-24)23(25,21-4-2-16-27-21)22-5-3-17-28-22/h2-9,16-17,19,25H,10-15H2,1H3. The molecule has 1 aliphatic heterocycles. The van der Waals surface area contributed by atoms with Gasteiger partial charge in [-0.1, -0.05) is 24.3 Å². The molecular formula is C23H27NO2S2. The molecule has 1 aromatic carbocycles. The summed E-state index contributed by atoms with van der Waals surface area (Å²) in [6.45, 7) is 3.15. The van der Waals surface area contributed by atoms with Gasteiger partial charge < -0.3 is 14.7 Å². The lowest BCUT2D eigenvalue weighted by Crippen LogP contribution is -2.44. The fraction of sp³-hybridized carbons (Fsp3) is 0.391. The third-order valence-electron chi connectivity index (χ3n) is 5.85. The molecule has 2 aromatic heterocycles. The van der Waals surface area contributed by atoms with E-state index in [-0.39, 0.29) is 5.92 Å². The average molecular weight is 414 g/mol. The van der Waals surface area contributed by atoms with Crippen LogP contribution in [0, 0.1) is 5.92 Å². The molecule has 3 aromatic rings. The van der Waals surface area contributed by atoms with Crippen molar-refractivity contribution in [2.75, 3.05) is 26.7 Å². The Balaban J connectivity index is 1.38. The van der Waals surface area contributed by atoms with E-state index in [0.717, 1.165) is 54.4 Å². The number of benzene rings is 1. The van der Waals surface area contributed by atoms with Crippen LogP contribution in [0.2, 0.25) is 0 Å². The first-order valence-electron chi connectivity index (χ1n) is 9.86. The van der Waals surface area contributed by atoms with Crippen molar-refractivity contribution in [3.63, 3.8) is 0 Å². The van der Waals surface area contributed by atoms with Gasteiger partial charge in [-0.3, -0.25) is 0 Å². The minimum atomic E-state index is -0.843. The van der Waals surface area contributed by atoms with Gasteiger partial charge in [0, 0.05) is 22.2 Å². The molecule has 0 radical (unpaired) electrons. The molecule has 5 heteroatoms. The molecule has 0 amide bonds. The van der Waals surface area contributed by atoms with Crippen molar-refractivity contribution in [2.24, 2.45) is 5.92 Å². The van der Waals surface area contributed by atoms with Crippen LogP contribution in [-0.4, -0.2) is 36.8 Å². The predicted octanol–water partition coefficient (Wildman–Crippen LogP) is 5.01. The van der Waals surface area contributed by atoms with E-state index in [1.165, 1.54) is 5.56 Å². The van der Waals surface area contributed by atoms with Crippen LogP contribution in [0.25, 0.3) is 0 Å². The Kier molecular flexibility index (Phi) is 6.16. The minimum absolute atomic E-state index is 0.266. The first kappa shape index (κ1) is 19.6. The highest BCUT2D eigenvalue weighted by molar-refractivity contribution is 7.11. The van der Waals surface area contributed by atoms with Crippen molar-refractivity contribution in [2.45, 2.75) is 24.9 Å². The third-order valence-corrected chi connectivity index (χ3v) is 7.84. The molecule has 28 heavy (non-hydrogen) atoms. The van der Waals surface area contributed by atoms with E-state index < -0.39 is 5.60 Å². The molecule has 0 spiro atoms. The maximum Gasteiger partial charge on any atom is 0.136 e. The molecule has 0 aliphatic carbocycles. The van der Waals surface area contributed by atoms with Crippen LogP contribution < -0.4 is 4.74 Å². The summed E-state index contributed by atoms with van der Waals surface area (Å²) in [5.74, 6) is 1.17. The van der Waals surface area contributed by atoms with Gasteiger partial charge >= 0.3 is 0 Å². The van der Waals surface area contributed by atoms with Gasteiger partial charge in [0.1, 0.15) is 11.4 Å². The van der Waals surface area contributed by atoms with E-state index >= 15 is 0 Å². The molecule has 3 heterocycles. The van der Waals surface area contributed by atoms with Crippen LogP contribution in [0.5, 0.6) is 5.75 Å². The van der Waals surface area contributed by atoms with Crippen LogP contribution in [0.1, 0.15) is 28.2 Å². The maximum atomic E-state index is 11.8. The van der Waals surface area contributed by atoms with E-state index in [1.807, 2.05) is 24.3 Å². The van der Waals surface area contributed by atoms with Crippen LogP contribution in [-0.2, 0) is 12.0 Å². The topological polar surface area (TPSA) is 32.7 Å². The second-order valence-corrected chi connectivity index (χ2v) is 9.33. The zero-order valence-corrected chi connectivity index (χ0v) is 17.8. The zero-order valence-electron chi connectivity index (χ0n) is 16.2. The van der Waals surface area contributed by atoms with Crippen molar-refractivity contribution in [3.05, 3.63) is 74.6 Å². The number of aliphatic hydroxyl groups is 1. The molecule has 0 atom stereocenters. The molecule has 1 N–H and O–H groups in total. The van der Waals surface area contributed by atoms with Gasteiger partial charge in [-0.15, -0.1) is 22.7 Å². The van der Waals surface area contributed by atoms with E-state index in [1.54, 1.807) is 29.8 Å². The number of hydrogen-bond acceptors (Lipinski definition) is 5. The number of methoxy groups -OCH3 is 1. The third kappa shape index (κ3) is 4.03.